The van der Waals surface area contributed by atoms with Crippen LogP contribution < -0.4 is 10.2 Å². The monoisotopic (exact) mass is 272 g/mol. The van der Waals surface area contributed by atoms with Crippen LogP contribution in [0.25, 0.3) is 0 Å². The number of nitrogens with one attached hydrogen (secondary N) is 1. The smallest absolute Gasteiger partial charge is 0.125 e. The van der Waals surface area contributed by atoms with Gasteiger partial charge in [0.2, 0.25) is 0 Å². The fraction of sp³-hybridized carbons (Fsp3) is 0.294. The molecular weight excluding hydrogens is 251 g/mol. The van der Waals surface area contributed by atoms with Gasteiger partial charge in [0.1, 0.15) is 5.82 Å². The van der Waals surface area contributed by atoms with Crippen LogP contribution in [0.2, 0.25) is 0 Å². The third-order valence-electron chi connectivity index (χ3n) is 3.30. The molecule has 0 spiro atoms. The van der Waals surface area contributed by atoms with Gasteiger partial charge in [-0.1, -0.05) is 30.3 Å². The molecule has 0 amide bonds. The molecular formula is C17H21FN2. The van der Waals surface area contributed by atoms with E-state index in [0.29, 0.717) is 0 Å². The maximum Gasteiger partial charge on any atom is 0.125 e. The normalized spacial score (nSPS) is 10.6. The van der Waals surface area contributed by atoms with E-state index in [4.69, 9.17) is 0 Å². The van der Waals surface area contributed by atoms with Gasteiger partial charge in [-0.05, 0) is 43.3 Å². The summed E-state index contributed by atoms with van der Waals surface area (Å²) in [4.78, 5) is 2.17. The summed E-state index contributed by atoms with van der Waals surface area (Å²) in [6.45, 7) is 4.58. The number of rotatable bonds is 6. The van der Waals surface area contributed by atoms with Crippen LogP contribution >= 0.6 is 0 Å². The summed E-state index contributed by atoms with van der Waals surface area (Å²) in [6.07, 6.45) is 0. The molecule has 0 aliphatic carbocycles. The molecule has 0 atom stereocenters. The lowest BCUT2D eigenvalue weighted by Crippen LogP contribution is -2.22. The van der Waals surface area contributed by atoms with Gasteiger partial charge in [0.15, 0.2) is 0 Å². The van der Waals surface area contributed by atoms with Crippen molar-refractivity contribution in [3.8, 4) is 0 Å². The molecule has 3 heteroatoms. The summed E-state index contributed by atoms with van der Waals surface area (Å²) >= 11 is 0. The van der Waals surface area contributed by atoms with Gasteiger partial charge in [-0.25, -0.2) is 4.39 Å². The molecule has 0 saturated heterocycles. The summed E-state index contributed by atoms with van der Waals surface area (Å²) in [5, 5.41) is 3.15. The minimum Gasteiger partial charge on any atom is -0.367 e. The van der Waals surface area contributed by atoms with E-state index in [0.717, 1.165) is 25.3 Å². The summed E-state index contributed by atoms with van der Waals surface area (Å²) in [6, 6.07) is 15.3. The molecule has 2 aromatic rings. The Morgan fingerprint density at radius 2 is 1.80 bits per heavy atom. The fourth-order valence-corrected chi connectivity index (χ4v) is 2.32. The third-order valence-corrected chi connectivity index (χ3v) is 3.30. The van der Waals surface area contributed by atoms with E-state index < -0.39 is 0 Å². The zero-order chi connectivity index (χ0) is 14.4. The van der Waals surface area contributed by atoms with Crippen LogP contribution in [-0.4, -0.2) is 13.6 Å². The summed E-state index contributed by atoms with van der Waals surface area (Å²) in [5.41, 5.74) is 3.43. The van der Waals surface area contributed by atoms with Crippen LogP contribution in [0.1, 0.15) is 18.1 Å². The molecule has 0 fully saturated rings. The molecule has 1 N–H and O–H groups in total. The zero-order valence-electron chi connectivity index (χ0n) is 12.1. The molecule has 0 aliphatic rings. The molecule has 20 heavy (non-hydrogen) atoms. The Balaban J connectivity index is 2.15. The quantitative estimate of drug-likeness (QED) is 0.865. The lowest BCUT2D eigenvalue weighted by molar-refractivity contribution is 0.626. The van der Waals surface area contributed by atoms with E-state index in [1.165, 1.54) is 17.2 Å². The molecule has 2 rings (SSSR count). The lowest BCUT2D eigenvalue weighted by atomic mass is 10.1. The van der Waals surface area contributed by atoms with Crippen molar-refractivity contribution in [2.24, 2.45) is 0 Å². The second-order valence-corrected chi connectivity index (χ2v) is 4.84. The van der Waals surface area contributed by atoms with Crippen LogP contribution in [0.3, 0.4) is 0 Å². The van der Waals surface area contributed by atoms with Crippen molar-refractivity contribution in [2.45, 2.75) is 20.0 Å². The van der Waals surface area contributed by atoms with Crippen LogP contribution in [0.5, 0.6) is 0 Å². The first kappa shape index (κ1) is 14.5. The van der Waals surface area contributed by atoms with E-state index in [9.17, 15) is 4.39 Å². The number of halogens is 1. The number of anilines is 1. The molecule has 0 bridgehead atoms. The van der Waals surface area contributed by atoms with Crippen LogP contribution in [-0.2, 0) is 13.1 Å². The highest BCUT2D eigenvalue weighted by atomic mass is 19.1. The predicted octanol–water partition coefficient (Wildman–Crippen LogP) is 3.57. The van der Waals surface area contributed by atoms with Gasteiger partial charge in [-0.2, -0.15) is 0 Å². The molecule has 0 aliphatic heterocycles. The number of hydrogen-bond acceptors (Lipinski definition) is 2. The molecule has 0 unspecified atom stereocenters. The van der Waals surface area contributed by atoms with Crippen molar-refractivity contribution in [2.75, 3.05) is 18.5 Å². The average molecular weight is 272 g/mol. The number of hydrogen-bond donors (Lipinski definition) is 1. The van der Waals surface area contributed by atoms with Crippen molar-refractivity contribution in [1.29, 1.82) is 0 Å². The van der Waals surface area contributed by atoms with Crippen molar-refractivity contribution >= 4 is 5.69 Å². The average Bonchev–Trinajstić information content (AvgIpc) is 2.45. The number of nitrogens with zero attached hydrogens (tertiary/aromatic N) is 1. The van der Waals surface area contributed by atoms with E-state index in [1.54, 1.807) is 12.1 Å². The number of benzene rings is 2. The summed E-state index contributed by atoms with van der Waals surface area (Å²) in [5.74, 6) is -0.190. The Bertz CT molecular complexity index is 554. The first-order valence-corrected chi connectivity index (χ1v) is 6.96. The van der Waals surface area contributed by atoms with Gasteiger partial charge >= 0.3 is 0 Å². The van der Waals surface area contributed by atoms with E-state index in [2.05, 4.69) is 41.4 Å². The Hall–Kier alpha value is -1.87. The molecule has 0 saturated carbocycles. The molecule has 2 aromatic carbocycles. The Morgan fingerprint density at radius 3 is 2.50 bits per heavy atom. The van der Waals surface area contributed by atoms with Crippen LogP contribution in [0, 0.1) is 5.82 Å². The SMILES string of the molecule is CCN(Cc1cccc(CNC)c1)c1cccc(F)c1. The van der Waals surface area contributed by atoms with Gasteiger partial charge in [0, 0.05) is 25.3 Å². The Morgan fingerprint density at radius 1 is 1.05 bits per heavy atom. The first-order valence-electron chi connectivity index (χ1n) is 6.96. The van der Waals surface area contributed by atoms with Crippen LogP contribution in [0.4, 0.5) is 10.1 Å². The van der Waals surface area contributed by atoms with E-state index in [1.807, 2.05) is 13.1 Å². The second kappa shape index (κ2) is 7.06. The predicted molar refractivity (Wildman–Crippen MR) is 82.3 cm³/mol. The fourth-order valence-electron chi connectivity index (χ4n) is 2.32. The van der Waals surface area contributed by atoms with Crippen LogP contribution in [0.15, 0.2) is 48.5 Å². The van der Waals surface area contributed by atoms with Gasteiger partial charge in [-0.3, -0.25) is 0 Å². The minimum absolute atomic E-state index is 0.190. The third kappa shape index (κ3) is 3.81. The lowest BCUT2D eigenvalue weighted by Gasteiger charge is -2.23. The van der Waals surface area contributed by atoms with E-state index in [-0.39, 0.29) is 5.82 Å². The minimum atomic E-state index is -0.190. The summed E-state index contributed by atoms with van der Waals surface area (Å²) < 4.78 is 13.3. The molecule has 0 aromatic heterocycles. The Labute approximate surface area is 120 Å². The highest BCUT2D eigenvalue weighted by molar-refractivity contribution is 5.47. The molecule has 0 heterocycles. The van der Waals surface area contributed by atoms with E-state index >= 15 is 0 Å². The standard InChI is InChI=1S/C17H21FN2/c1-3-20(17-9-5-8-16(18)11-17)13-15-7-4-6-14(10-15)12-19-2/h4-11,19H,3,12-13H2,1-2H3. The van der Waals surface area contributed by atoms with Crippen molar-refractivity contribution < 1.29 is 4.39 Å². The largest absolute Gasteiger partial charge is 0.367 e. The van der Waals surface area contributed by atoms with Crippen molar-refractivity contribution in [3.05, 3.63) is 65.5 Å². The second-order valence-electron chi connectivity index (χ2n) is 4.84. The molecule has 106 valence electrons. The Kier molecular flexibility index (Phi) is 5.13. The topological polar surface area (TPSA) is 15.3 Å². The van der Waals surface area contributed by atoms with Crippen molar-refractivity contribution in [3.63, 3.8) is 0 Å². The molecule has 2 nitrogen and oxygen atoms in total. The maximum absolute atomic E-state index is 13.3. The zero-order valence-corrected chi connectivity index (χ0v) is 12.1. The van der Waals surface area contributed by atoms with Gasteiger partial charge in [0.05, 0.1) is 0 Å². The highest BCUT2D eigenvalue weighted by Crippen LogP contribution is 2.18. The van der Waals surface area contributed by atoms with Crippen molar-refractivity contribution in [1.82, 2.24) is 5.32 Å². The van der Waals surface area contributed by atoms with Gasteiger partial charge < -0.3 is 10.2 Å². The highest BCUT2D eigenvalue weighted by Gasteiger charge is 2.06. The molecule has 0 radical (unpaired) electrons. The first-order chi connectivity index (χ1) is 9.72. The van der Waals surface area contributed by atoms with Gasteiger partial charge in [0.25, 0.3) is 0 Å². The maximum atomic E-state index is 13.3. The summed E-state index contributed by atoms with van der Waals surface area (Å²) in [7, 11) is 1.94. The van der Waals surface area contributed by atoms with Gasteiger partial charge in [-0.15, -0.1) is 0 Å².